The minimum atomic E-state index is -4.94. The van der Waals surface area contributed by atoms with Crippen molar-refractivity contribution in [1.29, 1.82) is 0 Å². The fraction of sp³-hybridized carbons (Fsp3) is 0.208. The monoisotopic (exact) mass is 485 g/mol. The molecule has 2 unspecified atom stereocenters. The largest absolute Gasteiger partial charge is 0.222 e. The summed E-state index contributed by atoms with van der Waals surface area (Å²) in [6, 6.07) is 25.0. The van der Waals surface area contributed by atoms with Crippen LogP contribution >= 0.6 is 22.7 Å². The SMILES string of the molecule is CC12CC(c3cccs3)(c3cccs3)C(c3ccccc31)c1cccc[n+]12.[O-][Cl+3]([O-])([O-])[O-]. The van der Waals surface area contributed by atoms with E-state index >= 15 is 0 Å². The van der Waals surface area contributed by atoms with Gasteiger partial charge in [-0.2, -0.15) is 4.57 Å². The molecule has 5 nitrogen and oxygen atoms in total. The van der Waals surface area contributed by atoms with Crippen LogP contribution < -0.4 is 23.2 Å². The van der Waals surface area contributed by atoms with Gasteiger partial charge in [-0.05, 0) is 28.5 Å². The molecule has 164 valence electrons. The summed E-state index contributed by atoms with van der Waals surface area (Å²) in [7, 11) is -4.94. The number of hydrogen-bond acceptors (Lipinski definition) is 6. The molecule has 2 atom stereocenters. The van der Waals surface area contributed by atoms with E-state index in [1.165, 1.54) is 26.6 Å². The highest BCUT2D eigenvalue weighted by Gasteiger charge is 2.65. The molecule has 1 aromatic carbocycles. The molecule has 0 radical (unpaired) electrons. The number of thiophene rings is 2. The first-order valence-corrected chi connectivity index (χ1v) is 13.0. The Kier molecular flexibility index (Phi) is 5.26. The Morgan fingerprint density at radius 2 is 1.44 bits per heavy atom. The lowest BCUT2D eigenvalue weighted by Crippen LogP contribution is -2.69. The average molecular weight is 486 g/mol. The van der Waals surface area contributed by atoms with Crippen LogP contribution in [0.15, 0.2) is 83.7 Å². The second-order valence-electron chi connectivity index (χ2n) is 8.27. The topological polar surface area (TPSA) is 96.1 Å². The van der Waals surface area contributed by atoms with Crippen molar-refractivity contribution in [2.24, 2.45) is 0 Å². The predicted octanol–water partition coefficient (Wildman–Crippen LogP) is 0.940. The number of pyridine rings is 1. The van der Waals surface area contributed by atoms with E-state index in [-0.39, 0.29) is 11.0 Å². The number of rotatable bonds is 2. The average Bonchev–Trinajstić information content (AvgIpc) is 3.47. The number of benzene rings is 1. The van der Waals surface area contributed by atoms with Gasteiger partial charge in [0.05, 0.1) is 11.3 Å². The highest BCUT2D eigenvalue weighted by Crippen LogP contribution is 2.62. The summed E-state index contributed by atoms with van der Waals surface area (Å²) in [5.41, 5.74) is 4.39. The van der Waals surface area contributed by atoms with Gasteiger partial charge in [0.1, 0.15) is 0 Å². The van der Waals surface area contributed by atoms with Crippen LogP contribution in [-0.2, 0) is 11.0 Å². The molecule has 3 aliphatic rings. The molecular formula is C24H20ClNO4S2. The van der Waals surface area contributed by atoms with Crippen LogP contribution in [0, 0.1) is 10.2 Å². The molecule has 2 bridgehead atoms. The van der Waals surface area contributed by atoms with Crippen LogP contribution in [0.1, 0.15) is 45.8 Å². The van der Waals surface area contributed by atoms with Crippen molar-refractivity contribution in [2.45, 2.75) is 30.2 Å². The molecule has 7 rings (SSSR count). The zero-order valence-corrected chi connectivity index (χ0v) is 19.5. The normalized spacial score (nSPS) is 22.5. The Hall–Kier alpha value is -2.10. The molecular weight excluding hydrogens is 466 g/mol. The van der Waals surface area contributed by atoms with Gasteiger partial charge >= 0.3 is 0 Å². The predicted molar refractivity (Wildman–Crippen MR) is 112 cm³/mol. The first-order chi connectivity index (χ1) is 15.2. The van der Waals surface area contributed by atoms with Crippen molar-refractivity contribution >= 4 is 22.7 Å². The second kappa shape index (κ2) is 7.74. The van der Waals surface area contributed by atoms with Crippen molar-refractivity contribution in [3.63, 3.8) is 0 Å². The molecule has 0 saturated heterocycles. The van der Waals surface area contributed by atoms with E-state index in [0.717, 1.165) is 6.42 Å². The van der Waals surface area contributed by atoms with Gasteiger partial charge in [-0.25, -0.2) is 18.6 Å². The zero-order valence-electron chi connectivity index (χ0n) is 17.1. The lowest BCUT2D eigenvalue weighted by atomic mass is 9.53. The quantitative estimate of drug-likeness (QED) is 0.395. The van der Waals surface area contributed by atoms with Crippen molar-refractivity contribution < 1.29 is 33.4 Å². The molecule has 5 heterocycles. The first kappa shape index (κ1) is 21.7. The van der Waals surface area contributed by atoms with Gasteiger partial charge in [-0.1, -0.05) is 42.5 Å². The summed E-state index contributed by atoms with van der Waals surface area (Å²) in [5, 5.41) is 4.47. The van der Waals surface area contributed by atoms with Gasteiger partial charge in [0.15, 0.2) is 17.4 Å². The van der Waals surface area contributed by atoms with Gasteiger partial charge in [0, 0.05) is 40.8 Å². The molecule has 1 aliphatic carbocycles. The van der Waals surface area contributed by atoms with Crippen LogP contribution in [0.4, 0.5) is 0 Å². The summed E-state index contributed by atoms with van der Waals surface area (Å²) < 4.78 is 36.5. The molecule has 0 amide bonds. The van der Waals surface area contributed by atoms with Gasteiger partial charge < -0.3 is 0 Å². The summed E-state index contributed by atoms with van der Waals surface area (Å²) in [5.74, 6) is 0.342. The number of hydrogen-bond donors (Lipinski definition) is 0. The van der Waals surface area contributed by atoms with Gasteiger partial charge in [-0.15, -0.1) is 32.9 Å². The van der Waals surface area contributed by atoms with E-state index in [0.29, 0.717) is 5.92 Å². The second-order valence-corrected chi connectivity index (χ2v) is 10.9. The van der Waals surface area contributed by atoms with E-state index < -0.39 is 10.2 Å². The summed E-state index contributed by atoms with van der Waals surface area (Å²) >= 11 is 3.82. The van der Waals surface area contributed by atoms with E-state index in [2.05, 4.69) is 95.2 Å². The highest BCUT2D eigenvalue weighted by molar-refractivity contribution is 7.11. The smallest absolute Gasteiger partial charge is 0.192 e. The first-order valence-electron chi connectivity index (χ1n) is 10.1. The van der Waals surface area contributed by atoms with Gasteiger partial charge in [-0.3, -0.25) is 0 Å². The van der Waals surface area contributed by atoms with E-state index in [9.17, 15) is 0 Å². The van der Waals surface area contributed by atoms with Gasteiger partial charge in [0.25, 0.3) is 0 Å². The highest BCUT2D eigenvalue weighted by atomic mass is 35.7. The number of aromatic nitrogens is 1. The third-order valence-corrected chi connectivity index (χ3v) is 8.70. The standard InChI is InChI=1S/C24H20NS2.ClHO4/c1-23-16-24(20-11-6-14-26-20,21-12-7-15-27-21)22(17-8-2-3-9-18(17)23)19-10-4-5-13-25(19)23;2-1(3,4)5/h2-15,22H,16H2,1H3;(H,2,3,4,5)/q+1;/p-1. The summed E-state index contributed by atoms with van der Waals surface area (Å²) in [6.07, 6.45) is 3.38. The Morgan fingerprint density at radius 3 is 2.03 bits per heavy atom. The number of nitrogens with zero attached hydrogens (tertiary/aromatic N) is 1. The van der Waals surface area contributed by atoms with Crippen LogP contribution in [0.25, 0.3) is 0 Å². The summed E-state index contributed by atoms with van der Waals surface area (Å²) in [6.45, 7) is 2.43. The van der Waals surface area contributed by atoms with Crippen LogP contribution in [0.3, 0.4) is 0 Å². The maximum absolute atomic E-state index is 8.49. The molecule has 32 heavy (non-hydrogen) atoms. The molecule has 0 N–H and O–H groups in total. The Bertz CT molecular complexity index is 1150. The fourth-order valence-electron chi connectivity index (χ4n) is 5.66. The molecule has 2 aliphatic heterocycles. The molecule has 8 heteroatoms. The minimum Gasteiger partial charge on any atom is -0.222 e. The molecule has 3 aromatic heterocycles. The lowest BCUT2D eigenvalue weighted by Gasteiger charge is -2.52. The number of fused-ring (bicyclic) bond motifs is 1. The maximum Gasteiger partial charge on any atom is 0.192 e. The molecule has 0 saturated carbocycles. The van der Waals surface area contributed by atoms with Crippen LogP contribution in [-0.4, -0.2) is 0 Å². The van der Waals surface area contributed by atoms with Crippen molar-refractivity contribution in [1.82, 2.24) is 0 Å². The Labute approximate surface area is 196 Å². The Balaban J connectivity index is 0.000000393. The van der Waals surface area contributed by atoms with Crippen LogP contribution in [0.5, 0.6) is 0 Å². The lowest BCUT2D eigenvalue weighted by molar-refractivity contribution is -2.00. The van der Waals surface area contributed by atoms with E-state index in [4.69, 9.17) is 18.6 Å². The van der Waals surface area contributed by atoms with Crippen LogP contribution in [0.2, 0.25) is 0 Å². The molecule has 0 spiro atoms. The molecule has 0 fully saturated rings. The Morgan fingerprint density at radius 1 is 0.844 bits per heavy atom. The van der Waals surface area contributed by atoms with Crippen molar-refractivity contribution in [3.05, 3.63) is 110 Å². The van der Waals surface area contributed by atoms with E-state index in [1.54, 1.807) is 0 Å². The third kappa shape index (κ3) is 3.33. The molecule has 4 aromatic rings. The zero-order chi connectivity index (χ0) is 22.6. The van der Waals surface area contributed by atoms with Crippen molar-refractivity contribution in [2.75, 3.05) is 0 Å². The van der Waals surface area contributed by atoms with Crippen molar-refractivity contribution in [3.8, 4) is 0 Å². The van der Waals surface area contributed by atoms with E-state index in [1.807, 2.05) is 22.7 Å². The third-order valence-electron chi connectivity index (χ3n) is 6.61. The minimum absolute atomic E-state index is 0.00674. The fourth-order valence-corrected chi connectivity index (χ4v) is 7.66. The van der Waals surface area contributed by atoms with Gasteiger partial charge in [0.2, 0.25) is 0 Å². The summed E-state index contributed by atoms with van der Waals surface area (Å²) in [4.78, 5) is 2.98. The number of halogens is 1. The maximum atomic E-state index is 8.49.